The van der Waals surface area contributed by atoms with E-state index >= 15 is 0 Å². The van der Waals surface area contributed by atoms with Gasteiger partial charge in [0.2, 0.25) is 0 Å². The Morgan fingerprint density at radius 2 is 1.79 bits per heavy atom. The molecule has 0 radical (unpaired) electrons. The van der Waals surface area contributed by atoms with Crippen LogP contribution in [0.4, 0.5) is 4.39 Å². The molecule has 1 heterocycles. The zero-order valence-electron chi connectivity index (χ0n) is 17.5. The van der Waals surface area contributed by atoms with E-state index in [0.29, 0.717) is 0 Å². The normalized spacial score (nSPS) is 20.2. The molecule has 29 heavy (non-hydrogen) atoms. The van der Waals surface area contributed by atoms with Gasteiger partial charge in [-0.25, -0.2) is 4.39 Å². The van der Waals surface area contributed by atoms with E-state index in [1.165, 1.54) is 49.2 Å². The van der Waals surface area contributed by atoms with Gasteiger partial charge in [0.15, 0.2) is 0 Å². The lowest BCUT2D eigenvalue weighted by Crippen LogP contribution is -2.39. The molecule has 3 nitrogen and oxygen atoms in total. The highest BCUT2D eigenvalue weighted by Crippen LogP contribution is 2.42. The Balaban J connectivity index is 1.44. The van der Waals surface area contributed by atoms with Crippen LogP contribution in [-0.2, 0) is 18.5 Å². The molecule has 0 aromatic heterocycles. The number of rotatable bonds is 6. The number of aromatic hydroxyl groups is 1. The predicted molar refractivity (Wildman–Crippen MR) is 115 cm³/mol. The average molecular weight is 397 g/mol. The fourth-order valence-corrected chi connectivity index (χ4v) is 5.17. The summed E-state index contributed by atoms with van der Waals surface area (Å²) in [5.41, 5.74) is 3.27. The number of likely N-dealkylation sites (tertiary alicyclic amines) is 1. The van der Waals surface area contributed by atoms with Crippen LogP contribution in [0.1, 0.15) is 55.2 Å². The van der Waals surface area contributed by atoms with Gasteiger partial charge in [0, 0.05) is 23.7 Å². The quantitative estimate of drug-likeness (QED) is 0.723. The van der Waals surface area contributed by atoms with E-state index < -0.39 is 0 Å². The van der Waals surface area contributed by atoms with Crippen LogP contribution >= 0.6 is 0 Å². The molecule has 1 aliphatic heterocycles. The van der Waals surface area contributed by atoms with Crippen molar-refractivity contribution in [2.75, 3.05) is 20.1 Å². The van der Waals surface area contributed by atoms with E-state index in [1.807, 2.05) is 0 Å². The van der Waals surface area contributed by atoms with E-state index in [-0.39, 0.29) is 17.1 Å². The number of nitrogens with zero attached hydrogens (tertiary/aromatic N) is 1. The number of phenolic OH excluding ortho intramolecular Hbond substituents is 1. The van der Waals surface area contributed by atoms with Gasteiger partial charge in [-0.05, 0) is 75.4 Å². The lowest BCUT2D eigenvalue weighted by Gasteiger charge is -2.32. The van der Waals surface area contributed by atoms with Gasteiger partial charge in [-0.15, -0.1) is 0 Å². The summed E-state index contributed by atoms with van der Waals surface area (Å²) in [4.78, 5) is 2.42. The maximum absolute atomic E-state index is 13.5. The van der Waals surface area contributed by atoms with Crippen molar-refractivity contribution in [2.45, 2.75) is 57.0 Å². The number of benzene rings is 2. The number of hydrogen-bond acceptors (Lipinski definition) is 3. The summed E-state index contributed by atoms with van der Waals surface area (Å²) in [6, 6.07) is 13.4. The van der Waals surface area contributed by atoms with Crippen LogP contribution in [0.2, 0.25) is 0 Å². The fraction of sp³-hybridized carbons (Fsp3) is 0.520. The minimum Gasteiger partial charge on any atom is -0.507 e. The largest absolute Gasteiger partial charge is 0.507 e. The molecule has 4 heteroatoms. The molecule has 4 rings (SSSR count). The first-order valence-corrected chi connectivity index (χ1v) is 11.0. The summed E-state index contributed by atoms with van der Waals surface area (Å²) in [7, 11) is 2.21. The van der Waals surface area contributed by atoms with Crippen LogP contribution < -0.4 is 5.32 Å². The minimum atomic E-state index is -0.388. The van der Waals surface area contributed by atoms with E-state index in [4.69, 9.17) is 0 Å². The van der Waals surface area contributed by atoms with Crippen molar-refractivity contribution in [1.29, 1.82) is 0 Å². The highest BCUT2D eigenvalue weighted by Gasteiger charge is 2.37. The molecule has 2 N–H and O–H groups in total. The molecule has 2 aromatic carbocycles. The SMILES string of the molecule is CN1CCC(Cc2cccc(CNC3(c4ccc(F)cc4O)CCCC3)c2)CC1. The van der Waals surface area contributed by atoms with Crippen molar-refractivity contribution in [3.63, 3.8) is 0 Å². The first kappa shape index (κ1) is 20.4. The van der Waals surface area contributed by atoms with Gasteiger partial charge >= 0.3 is 0 Å². The van der Waals surface area contributed by atoms with Gasteiger partial charge in [-0.1, -0.05) is 43.2 Å². The second-order valence-electron chi connectivity index (χ2n) is 9.07. The summed E-state index contributed by atoms with van der Waals surface area (Å²) < 4.78 is 13.5. The molecule has 0 atom stereocenters. The maximum atomic E-state index is 13.5. The van der Waals surface area contributed by atoms with Gasteiger partial charge in [-0.2, -0.15) is 0 Å². The number of nitrogens with one attached hydrogen (secondary N) is 1. The van der Waals surface area contributed by atoms with Gasteiger partial charge < -0.3 is 15.3 Å². The number of piperidine rings is 1. The Kier molecular flexibility index (Phi) is 6.21. The Morgan fingerprint density at radius 3 is 2.52 bits per heavy atom. The standard InChI is InChI=1S/C25H33FN2O/c1-28-13-9-19(10-14-28)15-20-5-4-6-21(16-20)18-27-25(11-2-3-12-25)23-8-7-22(26)17-24(23)29/h4-8,16-17,19,27,29H,2-3,9-15,18H2,1H3. The number of phenols is 1. The summed E-state index contributed by atoms with van der Waals surface area (Å²) in [6.45, 7) is 3.17. The third kappa shape index (κ3) is 4.81. The molecular formula is C25H33FN2O. The fourth-order valence-electron chi connectivity index (χ4n) is 5.17. The van der Waals surface area contributed by atoms with Crippen LogP contribution in [0, 0.1) is 11.7 Å². The van der Waals surface area contributed by atoms with E-state index in [9.17, 15) is 9.50 Å². The Bertz CT molecular complexity index is 823. The van der Waals surface area contributed by atoms with Gasteiger partial charge in [0.05, 0.1) is 0 Å². The molecular weight excluding hydrogens is 363 g/mol. The van der Waals surface area contributed by atoms with Crippen molar-refractivity contribution in [1.82, 2.24) is 10.2 Å². The zero-order valence-corrected chi connectivity index (χ0v) is 17.5. The lowest BCUT2D eigenvalue weighted by atomic mass is 9.86. The molecule has 156 valence electrons. The Hall–Kier alpha value is -1.91. The van der Waals surface area contributed by atoms with Crippen molar-refractivity contribution < 1.29 is 9.50 Å². The molecule has 0 amide bonds. The number of halogens is 1. The first-order valence-electron chi connectivity index (χ1n) is 11.0. The molecule has 2 fully saturated rings. The molecule has 0 unspecified atom stereocenters. The second kappa shape index (κ2) is 8.85. The predicted octanol–water partition coefficient (Wildman–Crippen LogP) is 4.97. The van der Waals surface area contributed by atoms with Gasteiger partial charge in [-0.3, -0.25) is 0 Å². The summed E-state index contributed by atoms with van der Waals surface area (Å²) in [5, 5.41) is 14.1. The van der Waals surface area contributed by atoms with Crippen LogP contribution in [0.15, 0.2) is 42.5 Å². The molecule has 2 aromatic rings. The molecule has 2 aliphatic rings. The molecule has 0 spiro atoms. The number of hydrogen-bond donors (Lipinski definition) is 2. The van der Waals surface area contributed by atoms with Crippen molar-refractivity contribution in [3.05, 3.63) is 65.0 Å². The van der Waals surface area contributed by atoms with Crippen LogP contribution in [0.3, 0.4) is 0 Å². The monoisotopic (exact) mass is 396 g/mol. The lowest BCUT2D eigenvalue weighted by molar-refractivity contribution is 0.219. The maximum Gasteiger partial charge on any atom is 0.126 e. The topological polar surface area (TPSA) is 35.5 Å². The molecule has 1 aliphatic carbocycles. The van der Waals surface area contributed by atoms with Crippen molar-refractivity contribution in [3.8, 4) is 5.75 Å². The van der Waals surface area contributed by atoms with E-state index in [1.54, 1.807) is 6.07 Å². The molecule has 0 bridgehead atoms. The molecule has 1 saturated carbocycles. The minimum absolute atomic E-state index is 0.0652. The zero-order chi connectivity index (χ0) is 20.3. The van der Waals surface area contributed by atoms with Gasteiger partial charge in [0.25, 0.3) is 0 Å². The smallest absolute Gasteiger partial charge is 0.126 e. The molecule has 1 saturated heterocycles. The van der Waals surface area contributed by atoms with Gasteiger partial charge in [0.1, 0.15) is 11.6 Å². The Morgan fingerprint density at radius 1 is 1.07 bits per heavy atom. The third-order valence-electron chi connectivity index (χ3n) is 6.92. The second-order valence-corrected chi connectivity index (χ2v) is 9.07. The van der Waals surface area contributed by atoms with Crippen molar-refractivity contribution in [2.24, 2.45) is 5.92 Å². The van der Waals surface area contributed by atoms with Crippen molar-refractivity contribution >= 4 is 0 Å². The first-order chi connectivity index (χ1) is 14.0. The highest BCUT2D eigenvalue weighted by atomic mass is 19.1. The summed E-state index contributed by atoms with van der Waals surface area (Å²) in [6.07, 6.45) is 7.92. The Labute approximate surface area is 173 Å². The average Bonchev–Trinajstić information content (AvgIpc) is 3.18. The van der Waals surface area contributed by atoms with E-state index in [2.05, 4.69) is 41.5 Å². The summed E-state index contributed by atoms with van der Waals surface area (Å²) >= 11 is 0. The van der Waals surface area contributed by atoms with Crippen LogP contribution in [-0.4, -0.2) is 30.1 Å². The van der Waals surface area contributed by atoms with Crippen LogP contribution in [0.5, 0.6) is 5.75 Å². The van der Waals surface area contributed by atoms with Crippen LogP contribution in [0.25, 0.3) is 0 Å². The van der Waals surface area contributed by atoms with E-state index in [0.717, 1.165) is 50.1 Å². The highest BCUT2D eigenvalue weighted by molar-refractivity contribution is 5.39. The third-order valence-corrected chi connectivity index (χ3v) is 6.92. The summed E-state index contributed by atoms with van der Waals surface area (Å²) in [5.74, 6) is 0.461.